The van der Waals surface area contributed by atoms with E-state index in [0.29, 0.717) is 11.3 Å². The van der Waals surface area contributed by atoms with Crippen LogP contribution in [-0.2, 0) is 16.0 Å². The van der Waals surface area contributed by atoms with Gasteiger partial charge in [0, 0.05) is 12.5 Å². The van der Waals surface area contributed by atoms with Crippen LogP contribution in [0.25, 0.3) is 0 Å². The van der Waals surface area contributed by atoms with Crippen LogP contribution in [-0.4, -0.2) is 25.1 Å². The molecule has 24 heavy (non-hydrogen) atoms. The third-order valence-electron chi connectivity index (χ3n) is 2.96. The Morgan fingerprint density at radius 2 is 1.79 bits per heavy atom. The Morgan fingerprint density at radius 1 is 1.17 bits per heavy atom. The highest BCUT2D eigenvalue weighted by atomic mass is 32.2. The van der Waals surface area contributed by atoms with E-state index in [2.05, 4.69) is 9.46 Å². The van der Waals surface area contributed by atoms with Gasteiger partial charge in [-0.05, 0) is 37.0 Å². The van der Waals surface area contributed by atoms with Crippen LogP contribution < -0.4 is 4.72 Å². The Morgan fingerprint density at radius 3 is 2.38 bits per heavy atom. The van der Waals surface area contributed by atoms with Gasteiger partial charge in [0.15, 0.2) is 0 Å². The predicted octanol–water partition coefficient (Wildman–Crippen LogP) is 3.61. The largest absolute Gasteiger partial charge is 0.469 e. The van der Waals surface area contributed by atoms with Crippen molar-refractivity contribution in [2.75, 3.05) is 14.2 Å². The Kier molecular flexibility index (Phi) is 9.18. The molecule has 0 aliphatic carbocycles. The van der Waals surface area contributed by atoms with Gasteiger partial charge in [0.1, 0.15) is 4.90 Å². The number of rotatable bonds is 6. The van der Waals surface area contributed by atoms with Crippen LogP contribution in [0.5, 0.6) is 0 Å². The topological polar surface area (TPSA) is 81.5 Å². The molecular formula is C17H20N2O4S. The molecule has 2 rings (SSSR count). The lowest BCUT2D eigenvalue weighted by molar-refractivity contribution is -0.387. The van der Waals surface area contributed by atoms with Crippen LogP contribution in [0.1, 0.15) is 12.0 Å². The molecule has 0 aromatic heterocycles. The van der Waals surface area contributed by atoms with Gasteiger partial charge in [-0.2, -0.15) is 0 Å². The van der Waals surface area contributed by atoms with Gasteiger partial charge in [-0.3, -0.25) is 19.6 Å². The number of nitrogens with one attached hydrogen (secondary N) is 1. The van der Waals surface area contributed by atoms with Crippen LogP contribution >= 0.6 is 11.9 Å². The number of carbonyl (C=O) groups excluding carboxylic acids is 1. The fourth-order valence-corrected chi connectivity index (χ4v) is 2.41. The first kappa shape index (κ1) is 19.7. The number of ether oxygens (including phenoxy) is 1. The van der Waals surface area contributed by atoms with Crippen LogP contribution in [0.4, 0.5) is 5.69 Å². The van der Waals surface area contributed by atoms with Gasteiger partial charge in [-0.1, -0.05) is 42.5 Å². The molecule has 0 amide bonds. The quantitative estimate of drug-likeness (QED) is 0.372. The average molecular weight is 348 g/mol. The molecule has 7 heteroatoms. The van der Waals surface area contributed by atoms with E-state index in [1.54, 1.807) is 25.2 Å². The summed E-state index contributed by atoms with van der Waals surface area (Å²) in [5.74, 6) is -0.154. The normalized spacial score (nSPS) is 9.58. The van der Waals surface area contributed by atoms with E-state index in [4.69, 9.17) is 0 Å². The van der Waals surface area contributed by atoms with Crippen molar-refractivity contribution in [3.05, 3.63) is 70.3 Å². The zero-order chi connectivity index (χ0) is 17.8. The summed E-state index contributed by atoms with van der Waals surface area (Å²) < 4.78 is 7.32. The van der Waals surface area contributed by atoms with Crippen LogP contribution in [0.2, 0.25) is 0 Å². The monoisotopic (exact) mass is 348 g/mol. The minimum atomic E-state index is -0.389. The van der Waals surface area contributed by atoms with Crippen molar-refractivity contribution < 1.29 is 14.5 Å². The minimum Gasteiger partial charge on any atom is -0.469 e. The third-order valence-corrected chi connectivity index (χ3v) is 3.73. The van der Waals surface area contributed by atoms with Crippen LogP contribution in [0.15, 0.2) is 59.5 Å². The number of esters is 1. The van der Waals surface area contributed by atoms with Crippen molar-refractivity contribution in [1.29, 1.82) is 0 Å². The molecule has 0 aliphatic rings. The second-order valence-electron chi connectivity index (χ2n) is 4.59. The molecule has 0 heterocycles. The zero-order valence-electron chi connectivity index (χ0n) is 13.6. The molecule has 128 valence electrons. The van der Waals surface area contributed by atoms with Crippen molar-refractivity contribution in [3.8, 4) is 0 Å². The van der Waals surface area contributed by atoms with Crippen molar-refractivity contribution in [2.45, 2.75) is 17.7 Å². The van der Waals surface area contributed by atoms with Crippen molar-refractivity contribution in [1.82, 2.24) is 4.72 Å². The minimum absolute atomic E-state index is 0.136. The molecule has 0 aliphatic heterocycles. The van der Waals surface area contributed by atoms with Gasteiger partial charge in [-0.15, -0.1) is 0 Å². The standard InChI is InChI=1S/C10H12O2.C7H8N2O2S/c1-12-10(11)8-7-9-5-3-2-4-6-9;1-8-12-7-5-3-2-4-6(7)9(10)11/h2-6H,7-8H2,1H3;2-5,8H,1H3. The molecule has 0 spiro atoms. The van der Waals surface area contributed by atoms with Gasteiger partial charge in [-0.25, -0.2) is 0 Å². The van der Waals surface area contributed by atoms with Gasteiger partial charge in [0.05, 0.1) is 12.0 Å². The summed E-state index contributed by atoms with van der Waals surface area (Å²) >= 11 is 1.24. The second kappa shape index (κ2) is 11.2. The molecule has 6 nitrogen and oxygen atoms in total. The molecule has 0 saturated carbocycles. The fourth-order valence-electron chi connectivity index (χ4n) is 1.80. The number of aryl methyl sites for hydroxylation is 1. The molecule has 0 radical (unpaired) electrons. The summed E-state index contributed by atoms with van der Waals surface area (Å²) in [6, 6.07) is 16.5. The lowest BCUT2D eigenvalue weighted by atomic mass is 10.1. The van der Waals surface area contributed by atoms with E-state index in [-0.39, 0.29) is 16.6 Å². The number of para-hydroxylation sites is 1. The number of hydrogen-bond acceptors (Lipinski definition) is 6. The Bertz CT molecular complexity index is 650. The Balaban J connectivity index is 0.000000240. The van der Waals surface area contributed by atoms with Gasteiger partial charge in [0.25, 0.3) is 5.69 Å². The Hall–Kier alpha value is -2.38. The molecule has 0 atom stereocenters. The van der Waals surface area contributed by atoms with Crippen LogP contribution in [0.3, 0.4) is 0 Å². The van der Waals surface area contributed by atoms with Gasteiger partial charge in [0.2, 0.25) is 0 Å². The average Bonchev–Trinajstić information content (AvgIpc) is 2.61. The summed E-state index contributed by atoms with van der Waals surface area (Å²) in [6.07, 6.45) is 1.22. The SMILES string of the molecule is CNSc1ccccc1[N+](=O)[O-].COC(=O)CCc1ccccc1. The van der Waals surface area contributed by atoms with E-state index in [1.165, 1.54) is 30.7 Å². The first-order valence-electron chi connectivity index (χ1n) is 7.26. The number of benzene rings is 2. The third kappa shape index (κ3) is 7.26. The number of methoxy groups -OCH3 is 1. The number of nitro benzene ring substituents is 1. The molecule has 0 unspecified atom stereocenters. The molecule has 0 saturated heterocycles. The van der Waals surface area contributed by atoms with E-state index >= 15 is 0 Å². The summed E-state index contributed by atoms with van der Waals surface area (Å²) in [6.45, 7) is 0. The summed E-state index contributed by atoms with van der Waals surface area (Å²) in [4.78, 5) is 21.5. The summed E-state index contributed by atoms with van der Waals surface area (Å²) in [7, 11) is 3.13. The molecule has 2 aromatic carbocycles. The maximum Gasteiger partial charge on any atom is 0.305 e. The lowest BCUT2D eigenvalue weighted by Crippen LogP contribution is -2.01. The summed E-state index contributed by atoms with van der Waals surface area (Å²) in [5.41, 5.74) is 1.31. The summed E-state index contributed by atoms with van der Waals surface area (Å²) in [5, 5.41) is 10.5. The van der Waals surface area contributed by atoms with E-state index in [9.17, 15) is 14.9 Å². The number of nitro groups is 1. The number of nitrogens with zero attached hydrogens (tertiary/aromatic N) is 1. The van der Waals surface area contributed by atoms with Crippen molar-refractivity contribution in [3.63, 3.8) is 0 Å². The second-order valence-corrected chi connectivity index (χ2v) is 5.64. The fraction of sp³-hybridized carbons (Fsp3) is 0.235. The van der Waals surface area contributed by atoms with Crippen molar-refractivity contribution >= 4 is 23.6 Å². The Labute approximate surface area is 145 Å². The zero-order valence-corrected chi connectivity index (χ0v) is 14.4. The lowest BCUT2D eigenvalue weighted by Gasteiger charge is -1.98. The van der Waals surface area contributed by atoms with E-state index in [0.717, 1.165) is 6.42 Å². The van der Waals surface area contributed by atoms with Gasteiger partial charge < -0.3 is 4.74 Å². The first-order chi connectivity index (χ1) is 11.6. The molecule has 0 bridgehead atoms. The molecule has 1 N–H and O–H groups in total. The smallest absolute Gasteiger partial charge is 0.305 e. The van der Waals surface area contributed by atoms with Crippen molar-refractivity contribution in [2.24, 2.45) is 0 Å². The first-order valence-corrected chi connectivity index (χ1v) is 8.08. The number of hydrogen-bond donors (Lipinski definition) is 1. The highest BCUT2D eigenvalue weighted by Crippen LogP contribution is 2.25. The van der Waals surface area contributed by atoms with Crippen LogP contribution in [0, 0.1) is 10.1 Å². The van der Waals surface area contributed by atoms with Gasteiger partial charge >= 0.3 is 5.97 Å². The number of carbonyl (C=O) groups is 1. The molecule has 0 fully saturated rings. The maximum absolute atomic E-state index is 10.8. The predicted molar refractivity (Wildman–Crippen MR) is 94.8 cm³/mol. The molecule has 2 aromatic rings. The highest BCUT2D eigenvalue weighted by molar-refractivity contribution is 7.97. The molecular weight excluding hydrogens is 328 g/mol. The highest BCUT2D eigenvalue weighted by Gasteiger charge is 2.11. The van der Waals surface area contributed by atoms with E-state index in [1.807, 2.05) is 30.3 Å². The van der Waals surface area contributed by atoms with E-state index < -0.39 is 0 Å². The maximum atomic E-state index is 10.8.